The van der Waals surface area contributed by atoms with E-state index >= 15 is 0 Å². The third-order valence-electron chi connectivity index (χ3n) is 4.55. The highest BCUT2D eigenvalue weighted by Crippen LogP contribution is 2.27. The Labute approximate surface area is 155 Å². The minimum absolute atomic E-state index is 0.732. The molecule has 1 N–H and O–H groups in total. The first kappa shape index (κ1) is 16.2. The lowest BCUT2D eigenvalue weighted by Crippen LogP contribution is -3.13. The Morgan fingerprint density at radius 1 is 1.08 bits per heavy atom. The first-order valence-electron chi connectivity index (χ1n) is 8.06. The monoisotopic (exact) mass is 378 g/mol. The molecule has 3 nitrogen and oxygen atoms in total. The number of nitrogens with zero attached hydrogens (tertiary/aromatic N) is 2. The van der Waals surface area contributed by atoms with Crippen LogP contribution in [0.5, 0.6) is 0 Å². The average molecular weight is 379 g/mol. The molecule has 6 heteroatoms. The van der Waals surface area contributed by atoms with E-state index in [4.69, 9.17) is 23.2 Å². The van der Waals surface area contributed by atoms with E-state index in [1.54, 1.807) is 16.2 Å². The summed E-state index contributed by atoms with van der Waals surface area (Å²) in [5.74, 6) is 0. The number of fused-ring (bicyclic) bond motifs is 1. The molecule has 0 saturated carbocycles. The molecule has 1 fully saturated rings. The maximum absolute atomic E-state index is 6.09. The number of nitrogens with one attached hydrogen (secondary N) is 1. The van der Waals surface area contributed by atoms with E-state index in [9.17, 15) is 0 Å². The molecule has 2 aromatic heterocycles. The van der Waals surface area contributed by atoms with Gasteiger partial charge in [-0.1, -0.05) is 23.2 Å². The Morgan fingerprint density at radius 3 is 2.67 bits per heavy atom. The van der Waals surface area contributed by atoms with E-state index in [-0.39, 0.29) is 0 Å². The van der Waals surface area contributed by atoms with Crippen molar-refractivity contribution < 1.29 is 4.90 Å². The summed E-state index contributed by atoms with van der Waals surface area (Å²) in [4.78, 5) is 9.89. The van der Waals surface area contributed by atoms with Gasteiger partial charge in [0.25, 0.3) is 0 Å². The molecule has 0 radical (unpaired) electrons. The summed E-state index contributed by atoms with van der Waals surface area (Å²) in [5, 5.41) is 1.91. The molecule has 0 unspecified atom stereocenters. The van der Waals surface area contributed by atoms with Crippen molar-refractivity contribution >= 4 is 51.1 Å². The van der Waals surface area contributed by atoms with Gasteiger partial charge in [0.15, 0.2) is 0 Å². The van der Waals surface area contributed by atoms with E-state index in [0.29, 0.717) is 0 Å². The predicted octanol–water partition coefficient (Wildman–Crippen LogP) is 3.51. The fourth-order valence-electron chi connectivity index (χ4n) is 3.32. The number of hydrogen-bond acceptors (Lipinski definition) is 3. The quantitative estimate of drug-likeness (QED) is 0.752. The van der Waals surface area contributed by atoms with Gasteiger partial charge in [0.05, 0.1) is 40.9 Å². The fourth-order valence-corrected chi connectivity index (χ4v) is 4.64. The fraction of sp³-hybridized carbons (Fsp3) is 0.278. The number of rotatable bonds is 3. The number of hydrogen-bond donors (Lipinski definition) is 1. The first-order chi connectivity index (χ1) is 11.7. The highest BCUT2D eigenvalue weighted by atomic mass is 35.5. The van der Waals surface area contributed by atoms with Crippen molar-refractivity contribution in [3.05, 3.63) is 56.8 Å². The van der Waals surface area contributed by atoms with Gasteiger partial charge in [-0.2, -0.15) is 0 Å². The smallest absolute Gasteiger partial charge is 0.112 e. The summed E-state index contributed by atoms with van der Waals surface area (Å²) in [6.07, 6.45) is 1.88. The predicted molar refractivity (Wildman–Crippen MR) is 103 cm³/mol. The average Bonchev–Trinajstić information content (AvgIpc) is 3.00. The molecule has 124 valence electrons. The van der Waals surface area contributed by atoms with Gasteiger partial charge in [-0.15, -0.1) is 11.3 Å². The SMILES string of the molecule is Clc1ccc2c(N3CC[NH+](Cc4ccc(Cl)s4)CC3)ccnc2c1. The lowest BCUT2D eigenvalue weighted by Gasteiger charge is -2.34. The van der Waals surface area contributed by atoms with Gasteiger partial charge >= 0.3 is 0 Å². The summed E-state index contributed by atoms with van der Waals surface area (Å²) in [5.41, 5.74) is 2.22. The van der Waals surface area contributed by atoms with E-state index in [0.717, 1.165) is 47.6 Å². The molecule has 0 amide bonds. The van der Waals surface area contributed by atoms with Crippen molar-refractivity contribution in [2.45, 2.75) is 6.54 Å². The molecule has 0 aliphatic carbocycles. The van der Waals surface area contributed by atoms with Crippen LogP contribution in [-0.4, -0.2) is 31.2 Å². The standard InChI is InChI=1S/C18H17Cl2N3S/c19-13-1-3-15-16(11-13)21-6-5-17(15)23-9-7-22(8-10-23)12-14-2-4-18(20)24-14/h1-6,11H,7-10,12H2/p+1. The number of aromatic nitrogens is 1. The molecule has 1 aromatic carbocycles. The molecule has 3 heterocycles. The maximum Gasteiger partial charge on any atom is 0.112 e. The Hall–Kier alpha value is -1.33. The van der Waals surface area contributed by atoms with Crippen LogP contribution in [0.1, 0.15) is 4.88 Å². The molecule has 24 heavy (non-hydrogen) atoms. The zero-order valence-corrected chi connectivity index (χ0v) is 15.5. The van der Waals surface area contributed by atoms with Crippen LogP contribution in [0.2, 0.25) is 9.36 Å². The van der Waals surface area contributed by atoms with Crippen LogP contribution in [0.25, 0.3) is 10.9 Å². The second-order valence-electron chi connectivity index (χ2n) is 6.11. The van der Waals surface area contributed by atoms with Gasteiger partial charge in [-0.3, -0.25) is 4.98 Å². The van der Waals surface area contributed by atoms with Gasteiger partial charge in [0, 0.05) is 22.3 Å². The molecule has 3 aromatic rings. The van der Waals surface area contributed by atoms with Gasteiger partial charge < -0.3 is 9.80 Å². The number of halogens is 2. The summed E-state index contributed by atoms with van der Waals surface area (Å²) in [6, 6.07) is 12.2. The second kappa shape index (κ2) is 6.89. The summed E-state index contributed by atoms with van der Waals surface area (Å²) < 4.78 is 0.880. The van der Waals surface area contributed by atoms with E-state index in [1.165, 1.54) is 16.0 Å². The number of thiophene rings is 1. The minimum atomic E-state index is 0.732. The summed E-state index contributed by atoms with van der Waals surface area (Å²) in [7, 11) is 0. The van der Waals surface area contributed by atoms with Crippen molar-refractivity contribution in [1.82, 2.24) is 4.98 Å². The number of benzene rings is 1. The maximum atomic E-state index is 6.09. The molecule has 0 bridgehead atoms. The van der Waals surface area contributed by atoms with Gasteiger partial charge in [-0.25, -0.2) is 0 Å². The highest BCUT2D eigenvalue weighted by molar-refractivity contribution is 7.16. The topological polar surface area (TPSA) is 20.6 Å². The molecule has 1 saturated heterocycles. The molecule has 0 atom stereocenters. The number of quaternary nitrogens is 1. The van der Waals surface area contributed by atoms with Crippen LogP contribution in [0.3, 0.4) is 0 Å². The normalized spacial score (nSPS) is 16.0. The minimum Gasteiger partial charge on any atom is -0.360 e. The lowest BCUT2D eigenvalue weighted by atomic mass is 10.1. The van der Waals surface area contributed by atoms with Crippen molar-refractivity contribution in [3.8, 4) is 0 Å². The third kappa shape index (κ3) is 3.38. The third-order valence-corrected chi connectivity index (χ3v) is 6.01. The molecule has 0 spiro atoms. The van der Waals surface area contributed by atoms with Crippen LogP contribution in [0.15, 0.2) is 42.6 Å². The van der Waals surface area contributed by atoms with Crippen molar-refractivity contribution in [2.75, 3.05) is 31.1 Å². The second-order valence-corrected chi connectivity index (χ2v) is 8.35. The Morgan fingerprint density at radius 2 is 1.92 bits per heavy atom. The summed E-state index contributed by atoms with van der Waals surface area (Å²) in [6.45, 7) is 5.43. The van der Waals surface area contributed by atoms with Gasteiger partial charge in [-0.05, 0) is 36.4 Å². The van der Waals surface area contributed by atoms with E-state index in [2.05, 4.69) is 28.1 Å². The first-order valence-corrected chi connectivity index (χ1v) is 9.63. The van der Waals surface area contributed by atoms with Crippen LogP contribution in [0.4, 0.5) is 5.69 Å². The Kier molecular flexibility index (Phi) is 4.63. The lowest BCUT2D eigenvalue weighted by molar-refractivity contribution is -0.914. The van der Waals surface area contributed by atoms with Gasteiger partial charge in [0.2, 0.25) is 0 Å². The van der Waals surface area contributed by atoms with Crippen molar-refractivity contribution in [3.63, 3.8) is 0 Å². The van der Waals surface area contributed by atoms with Crippen molar-refractivity contribution in [1.29, 1.82) is 0 Å². The molecule has 1 aliphatic rings. The van der Waals surface area contributed by atoms with Crippen LogP contribution in [-0.2, 0) is 6.54 Å². The highest BCUT2D eigenvalue weighted by Gasteiger charge is 2.22. The van der Waals surface area contributed by atoms with Crippen LogP contribution in [0, 0.1) is 0 Å². The zero-order valence-electron chi connectivity index (χ0n) is 13.1. The number of anilines is 1. The molecular weight excluding hydrogens is 361 g/mol. The van der Waals surface area contributed by atoms with E-state index < -0.39 is 0 Å². The van der Waals surface area contributed by atoms with Gasteiger partial charge in [0.1, 0.15) is 6.54 Å². The van der Waals surface area contributed by atoms with Crippen LogP contribution >= 0.6 is 34.5 Å². The Balaban J connectivity index is 1.48. The summed E-state index contributed by atoms with van der Waals surface area (Å²) >= 11 is 13.8. The molecule has 4 rings (SSSR count). The Bertz CT molecular complexity index is 856. The number of pyridine rings is 1. The van der Waals surface area contributed by atoms with E-state index in [1.807, 2.05) is 24.4 Å². The zero-order chi connectivity index (χ0) is 16.5. The molecular formula is C18H18Cl2N3S+. The largest absolute Gasteiger partial charge is 0.360 e. The molecule has 1 aliphatic heterocycles. The number of piperazine rings is 1. The van der Waals surface area contributed by atoms with Crippen molar-refractivity contribution in [2.24, 2.45) is 0 Å². The van der Waals surface area contributed by atoms with Crippen LogP contribution < -0.4 is 9.80 Å².